The summed E-state index contributed by atoms with van der Waals surface area (Å²) in [5, 5.41) is 3.98. The number of fused-ring (bicyclic) bond motifs is 2. The standard InChI is InChI=1S/C26H31N3O2/c1-2-29-16-20-12-18(13-21(20)17-29)10-11-31-22-8-9-24-23(14-22)25(15-27-24)28-26(30)19-6-4-3-5-7-19/h3-9,14-15,18,20-21,27H,2,10-13,16-17H2,1H3,(H,28,30)/t18?,20-,21+. The van der Waals surface area contributed by atoms with Gasteiger partial charge in [-0.2, -0.15) is 0 Å². The highest BCUT2D eigenvalue weighted by Crippen LogP contribution is 2.42. The van der Waals surface area contributed by atoms with E-state index in [0.717, 1.165) is 53.1 Å². The Morgan fingerprint density at radius 2 is 1.90 bits per heavy atom. The van der Waals surface area contributed by atoms with Gasteiger partial charge in [0.1, 0.15) is 5.75 Å². The monoisotopic (exact) mass is 417 g/mol. The van der Waals surface area contributed by atoms with Crippen molar-refractivity contribution in [1.82, 2.24) is 9.88 Å². The van der Waals surface area contributed by atoms with E-state index in [0.29, 0.717) is 5.56 Å². The van der Waals surface area contributed by atoms with Gasteiger partial charge >= 0.3 is 0 Å². The zero-order valence-corrected chi connectivity index (χ0v) is 18.1. The molecule has 2 aliphatic rings. The summed E-state index contributed by atoms with van der Waals surface area (Å²) < 4.78 is 6.12. The molecule has 1 aromatic heterocycles. The highest BCUT2D eigenvalue weighted by Gasteiger charge is 2.39. The van der Waals surface area contributed by atoms with E-state index in [1.54, 1.807) is 0 Å². The topological polar surface area (TPSA) is 57.4 Å². The van der Waals surface area contributed by atoms with Crippen LogP contribution in [0.1, 0.15) is 36.5 Å². The first-order valence-corrected chi connectivity index (χ1v) is 11.5. The molecule has 5 heteroatoms. The summed E-state index contributed by atoms with van der Waals surface area (Å²) in [7, 11) is 0. The number of aromatic amines is 1. The predicted molar refractivity (Wildman–Crippen MR) is 125 cm³/mol. The molecule has 3 aromatic rings. The Morgan fingerprint density at radius 1 is 1.13 bits per heavy atom. The van der Waals surface area contributed by atoms with Crippen molar-refractivity contribution in [3.05, 3.63) is 60.3 Å². The van der Waals surface area contributed by atoms with Crippen molar-refractivity contribution in [3.63, 3.8) is 0 Å². The number of benzene rings is 2. The zero-order valence-electron chi connectivity index (χ0n) is 18.1. The lowest BCUT2D eigenvalue weighted by Gasteiger charge is -2.17. The maximum absolute atomic E-state index is 12.5. The van der Waals surface area contributed by atoms with Crippen LogP contribution in [0, 0.1) is 17.8 Å². The van der Waals surface area contributed by atoms with Gasteiger partial charge in [-0.25, -0.2) is 0 Å². The summed E-state index contributed by atoms with van der Waals surface area (Å²) in [5.41, 5.74) is 2.41. The third-order valence-electron chi connectivity index (χ3n) is 7.10. The second kappa shape index (κ2) is 8.75. The number of ether oxygens (including phenoxy) is 1. The van der Waals surface area contributed by atoms with Crippen molar-refractivity contribution in [2.75, 3.05) is 31.6 Å². The largest absolute Gasteiger partial charge is 0.494 e. The quantitative estimate of drug-likeness (QED) is 0.558. The normalized spacial score (nSPS) is 23.2. The summed E-state index contributed by atoms with van der Waals surface area (Å²) in [6.45, 7) is 6.80. The van der Waals surface area contributed by atoms with Gasteiger partial charge in [0, 0.05) is 35.8 Å². The van der Waals surface area contributed by atoms with E-state index in [4.69, 9.17) is 4.74 Å². The van der Waals surface area contributed by atoms with Gasteiger partial charge in [-0.3, -0.25) is 4.79 Å². The molecule has 2 aromatic carbocycles. The minimum absolute atomic E-state index is 0.110. The van der Waals surface area contributed by atoms with Crippen LogP contribution in [0.4, 0.5) is 5.69 Å². The van der Waals surface area contributed by atoms with Crippen LogP contribution in [-0.2, 0) is 0 Å². The van der Waals surface area contributed by atoms with Gasteiger partial charge in [0.25, 0.3) is 5.91 Å². The van der Waals surface area contributed by atoms with E-state index in [1.807, 2.05) is 54.7 Å². The molecule has 1 saturated heterocycles. The molecule has 162 valence electrons. The molecule has 0 radical (unpaired) electrons. The minimum Gasteiger partial charge on any atom is -0.494 e. The maximum atomic E-state index is 12.5. The molecule has 1 amide bonds. The number of H-pyrrole nitrogens is 1. The van der Waals surface area contributed by atoms with Crippen molar-refractivity contribution in [2.24, 2.45) is 17.8 Å². The van der Waals surface area contributed by atoms with Gasteiger partial charge in [-0.1, -0.05) is 25.1 Å². The van der Waals surface area contributed by atoms with Gasteiger partial charge in [0.2, 0.25) is 0 Å². The SMILES string of the molecule is CCN1C[C@H]2CC(CCOc3ccc4[nH]cc(NC(=O)c5ccccc5)c4c3)C[C@H]2C1. The van der Waals surface area contributed by atoms with E-state index < -0.39 is 0 Å². The van der Waals surface area contributed by atoms with Gasteiger partial charge in [0.15, 0.2) is 0 Å². The van der Waals surface area contributed by atoms with Crippen molar-refractivity contribution in [1.29, 1.82) is 0 Å². The molecule has 31 heavy (non-hydrogen) atoms. The number of anilines is 1. The smallest absolute Gasteiger partial charge is 0.255 e. The lowest BCUT2D eigenvalue weighted by atomic mass is 10.0. The molecule has 5 nitrogen and oxygen atoms in total. The number of carbonyl (C=O) groups is 1. The third kappa shape index (κ3) is 4.33. The van der Waals surface area contributed by atoms with Crippen molar-refractivity contribution in [3.8, 4) is 5.75 Å². The fourth-order valence-electron chi connectivity index (χ4n) is 5.44. The molecule has 2 fully saturated rings. The second-order valence-corrected chi connectivity index (χ2v) is 9.08. The first-order valence-electron chi connectivity index (χ1n) is 11.5. The Bertz CT molecular complexity index is 1030. The Balaban J connectivity index is 1.18. The number of amides is 1. The van der Waals surface area contributed by atoms with Crippen LogP contribution < -0.4 is 10.1 Å². The molecule has 0 spiro atoms. The molecule has 3 atom stereocenters. The van der Waals surface area contributed by atoms with Gasteiger partial charge in [0.05, 0.1) is 12.3 Å². The molecular weight excluding hydrogens is 386 g/mol. The minimum atomic E-state index is -0.110. The highest BCUT2D eigenvalue weighted by atomic mass is 16.5. The van der Waals surface area contributed by atoms with Gasteiger partial charge < -0.3 is 19.9 Å². The van der Waals surface area contributed by atoms with Crippen LogP contribution in [0.3, 0.4) is 0 Å². The average molecular weight is 418 g/mol. The van der Waals surface area contributed by atoms with Crippen LogP contribution >= 0.6 is 0 Å². The van der Waals surface area contributed by atoms with Crippen LogP contribution in [0.5, 0.6) is 5.75 Å². The molecule has 1 unspecified atom stereocenters. The predicted octanol–water partition coefficient (Wildman–Crippen LogP) is 5.17. The number of rotatable bonds is 7. The summed E-state index contributed by atoms with van der Waals surface area (Å²) in [6.07, 6.45) is 5.68. The highest BCUT2D eigenvalue weighted by molar-refractivity contribution is 6.09. The lowest BCUT2D eigenvalue weighted by molar-refractivity contribution is 0.102. The van der Waals surface area contributed by atoms with Crippen LogP contribution in [-0.4, -0.2) is 42.0 Å². The number of nitrogens with one attached hydrogen (secondary N) is 2. The molecule has 1 saturated carbocycles. The Labute approximate surface area is 183 Å². The summed E-state index contributed by atoms with van der Waals surface area (Å²) in [4.78, 5) is 18.4. The first kappa shape index (κ1) is 20.1. The van der Waals surface area contributed by atoms with Crippen LogP contribution in [0.2, 0.25) is 0 Å². The van der Waals surface area contributed by atoms with E-state index in [1.165, 1.54) is 32.5 Å². The second-order valence-electron chi connectivity index (χ2n) is 9.08. The molecule has 0 bridgehead atoms. The number of carbonyl (C=O) groups excluding carboxylic acids is 1. The number of likely N-dealkylation sites (tertiary alicyclic amines) is 1. The van der Waals surface area contributed by atoms with E-state index in [2.05, 4.69) is 22.1 Å². The molecule has 1 aliphatic heterocycles. The van der Waals surface area contributed by atoms with Crippen molar-refractivity contribution < 1.29 is 9.53 Å². The molecule has 1 aliphatic carbocycles. The third-order valence-corrected chi connectivity index (χ3v) is 7.10. The van der Waals surface area contributed by atoms with Crippen molar-refractivity contribution >= 4 is 22.5 Å². The zero-order chi connectivity index (χ0) is 21.2. The Kier molecular flexibility index (Phi) is 5.68. The summed E-state index contributed by atoms with van der Waals surface area (Å²) in [6, 6.07) is 15.3. The molecule has 5 rings (SSSR count). The van der Waals surface area contributed by atoms with E-state index >= 15 is 0 Å². The summed E-state index contributed by atoms with van der Waals surface area (Å²) >= 11 is 0. The van der Waals surface area contributed by atoms with Crippen LogP contribution in [0.15, 0.2) is 54.7 Å². The Morgan fingerprint density at radius 3 is 2.65 bits per heavy atom. The molecular formula is C26H31N3O2. The Hall–Kier alpha value is -2.79. The first-order chi connectivity index (χ1) is 15.2. The fourth-order valence-corrected chi connectivity index (χ4v) is 5.44. The van der Waals surface area contributed by atoms with Gasteiger partial charge in [-0.15, -0.1) is 0 Å². The van der Waals surface area contributed by atoms with Crippen molar-refractivity contribution in [2.45, 2.75) is 26.2 Å². The van der Waals surface area contributed by atoms with E-state index in [-0.39, 0.29) is 5.91 Å². The number of nitrogens with zero attached hydrogens (tertiary/aromatic N) is 1. The van der Waals surface area contributed by atoms with Gasteiger partial charge in [-0.05, 0) is 73.9 Å². The molecule has 2 N–H and O–H groups in total. The number of hydrogen-bond donors (Lipinski definition) is 2. The number of hydrogen-bond acceptors (Lipinski definition) is 3. The number of aromatic nitrogens is 1. The van der Waals surface area contributed by atoms with E-state index in [9.17, 15) is 4.79 Å². The molecule has 2 heterocycles. The average Bonchev–Trinajstić information content (AvgIpc) is 3.47. The summed E-state index contributed by atoms with van der Waals surface area (Å²) in [5.74, 6) is 3.35. The maximum Gasteiger partial charge on any atom is 0.255 e. The van der Waals surface area contributed by atoms with Crippen LogP contribution in [0.25, 0.3) is 10.9 Å². The fraction of sp³-hybridized carbons (Fsp3) is 0.423. The lowest BCUT2D eigenvalue weighted by Crippen LogP contribution is -2.21.